The van der Waals surface area contributed by atoms with E-state index in [4.69, 9.17) is 4.74 Å². The minimum Gasteiger partial charge on any atom is -0.359 e. The molecular formula is C14H32N2O. The SMILES string of the molecule is CC.CCCNCC1(C)CCN(C(C)C)CO1. The Balaban J connectivity index is 0.00000121. The Bertz CT molecular complexity index is 175. The van der Waals surface area contributed by atoms with Gasteiger partial charge in [0.15, 0.2) is 0 Å². The van der Waals surface area contributed by atoms with Gasteiger partial charge in [-0.1, -0.05) is 20.8 Å². The predicted molar refractivity (Wildman–Crippen MR) is 75.3 cm³/mol. The van der Waals surface area contributed by atoms with Crippen LogP contribution >= 0.6 is 0 Å². The van der Waals surface area contributed by atoms with Gasteiger partial charge in [0.1, 0.15) is 6.73 Å². The quantitative estimate of drug-likeness (QED) is 0.753. The molecule has 3 heteroatoms. The Kier molecular flexibility index (Phi) is 8.83. The molecule has 17 heavy (non-hydrogen) atoms. The molecule has 0 amide bonds. The number of ether oxygens (including phenoxy) is 1. The van der Waals surface area contributed by atoms with Crippen molar-refractivity contribution >= 4 is 0 Å². The first-order valence-electron chi connectivity index (χ1n) is 7.16. The lowest BCUT2D eigenvalue weighted by Crippen LogP contribution is -2.51. The summed E-state index contributed by atoms with van der Waals surface area (Å²) in [6.45, 7) is 16.9. The highest BCUT2D eigenvalue weighted by Crippen LogP contribution is 2.21. The standard InChI is InChI=1S/C12H26N2O.C2H6/c1-5-7-13-9-12(4)6-8-14(10-15-12)11(2)3;1-2/h11,13H,5-10H2,1-4H3;1-2H3. The highest BCUT2D eigenvalue weighted by Gasteiger charge is 2.31. The minimum absolute atomic E-state index is 0.0422. The van der Waals surface area contributed by atoms with E-state index in [0.29, 0.717) is 6.04 Å². The number of rotatable bonds is 5. The molecule has 1 N–H and O–H groups in total. The van der Waals surface area contributed by atoms with Gasteiger partial charge in [0.25, 0.3) is 0 Å². The molecule has 1 fully saturated rings. The zero-order valence-electron chi connectivity index (χ0n) is 12.7. The fourth-order valence-electron chi connectivity index (χ4n) is 1.83. The molecule has 1 saturated heterocycles. The first-order chi connectivity index (χ1) is 8.07. The molecule has 0 aromatic heterocycles. The second-order valence-electron chi connectivity index (χ2n) is 5.06. The fourth-order valence-corrected chi connectivity index (χ4v) is 1.83. The summed E-state index contributed by atoms with van der Waals surface area (Å²) in [4.78, 5) is 2.38. The molecule has 3 nitrogen and oxygen atoms in total. The lowest BCUT2D eigenvalue weighted by Gasteiger charge is -2.41. The summed E-state index contributed by atoms with van der Waals surface area (Å²) < 4.78 is 5.95. The lowest BCUT2D eigenvalue weighted by molar-refractivity contribution is -0.134. The second-order valence-corrected chi connectivity index (χ2v) is 5.06. The van der Waals surface area contributed by atoms with E-state index in [9.17, 15) is 0 Å². The third-order valence-corrected chi connectivity index (χ3v) is 3.16. The summed E-state index contributed by atoms with van der Waals surface area (Å²) in [6.07, 6.45) is 2.32. The summed E-state index contributed by atoms with van der Waals surface area (Å²) in [5.41, 5.74) is 0.0422. The van der Waals surface area contributed by atoms with Crippen LogP contribution in [0, 0.1) is 0 Å². The second kappa shape index (κ2) is 8.90. The highest BCUT2D eigenvalue weighted by atomic mass is 16.5. The average molecular weight is 244 g/mol. The van der Waals surface area contributed by atoms with Gasteiger partial charge in [-0.05, 0) is 40.2 Å². The molecular weight excluding hydrogens is 212 g/mol. The van der Waals surface area contributed by atoms with Crippen LogP contribution in [0.25, 0.3) is 0 Å². The molecule has 1 heterocycles. The summed E-state index contributed by atoms with van der Waals surface area (Å²) in [5.74, 6) is 0. The van der Waals surface area contributed by atoms with Gasteiger partial charge in [0.05, 0.1) is 5.60 Å². The van der Waals surface area contributed by atoms with Crippen LogP contribution < -0.4 is 5.32 Å². The van der Waals surface area contributed by atoms with E-state index < -0.39 is 0 Å². The van der Waals surface area contributed by atoms with Crippen LogP contribution in [0.3, 0.4) is 0 Å². The number of hydrogen-bond acceptors (Lipinski definition) is 3. The summed E-state index contributed by atoms with van der Waals surface area (Å²) in [5, 5.41) is 3.45. The summed E-state index contributed by atoms with van der Waals surface area (Å²) in [7, 11) is 0. The molecule has 0 saturated carbocycles. The van der Waals surface area contributed by atoms with Crippen LogP contribution in [0.4, 0.5) is 0 Å². The number of nitrogens with zero attached hydrogens (tertiary/aromatic N) is 1. The van der Waals surface area contributed by atoms with Crippen LogP contribution in [0.5, 0.6) is 0 Å². The Morgan fingerprint density at radius 2 is 2.00 bits per heavy atom. The smallest absolute Gasteiger partial charge is 0.100 e. The average Bonchev–Trinajstić information content (AvgIpc) is 2.32. The molecule has 0 aromatic rings. The van der Waals surface area contributed by atoms with E-state index in [0.717, 1.165) is 32.8 Å². The number of nitrogens with one attached hydrogen (secondary N) is 1. The Labute approximate surface area is 108 Å². The van der Waals surface area contributed by atoms with Crippen LogP contribution in [0.15, 0.2) is 0 Å². The van der Waals surface area contributed by atoms with Gasteiger partial charge in [0, 0.05) is 19.1 Å². The Morgan fingerprint density at radius 3 is 2.41 bits per heavy atom. The van der Waals surface area contributed by atoms with E-state index in [-0.39, 0.29) is 5.60 Å². The summed E-state index contributed by atoms with van der Waals surface area (Å²) >= 11 is 0. The third-order valence-electron chi connectivity index (χ3n) is 3.16. The van der Waals surface area contributed by atoms with Gasteiger partial charge < -0.3 is 10.1 Å². The largest absolute Gasteiger partial charge is 0.359 e. The van der Waals surface area contributed by atoms with Crippen molar-refractivity contribution in [3.8, 4) is 0 Å². The zero-order chi connectivity index (χ0) is 13.3. The topological polar surface area (TPSA) is 24.5 Å². The van der Waals surface area contributed by atoms with Crippen LogP contribution in [0.1, 0.15) is 54.4 Å². The summed E-state index contributed by atoms with van der Waals surface area (Å²) in [6, 6.07) is 0.596. The monoisotopic (exact) mass is 244 g/mol. The molecule has 1 unspecified atom stereocenters. The van der Waals surface area contributed by atoms with E-state index in [1.165, 1.54) is 6.42 Å². The molecule has 1 rings (SSSR count). The highest BCUT2D eigenvalue weighted by molar-refractivity contribution is 4.83. The molecule has 1 aliphatic rings. The fraction of sp³-hybridized carbons (Fsp3) is 1.00. The van der Waals surface area contributed by atoms with Crippen LogP contribution in [-0.2, 0) is 4.74 Å². The van der Waals surface area contributed by atoms with E-state index in [1.54, 1.807) is 0 Å². The van der Waals surface area contributed by atoms with Crippen molar-refractivity contribution in [2.24, 2.45) is 0 Å². The van der Waals surface area contributed by atoms with Crippen molar-refractivity contribution in [1.82, 2.24) is 10.2 Å². The van der Waals surface area contributed by atoms with Gasteiger partial charge in [0.2, 0.25) is 0 Å². The van der Waals surface area contributed by atoms with Crippen molar-refractivity contribution in [3.63, 3.8) is 0 Å². The van der Waals surface area contributed by atoms with Gasteiger partial charge in [-0.3, -0.25) is 4.90 Å². The van der Waals surface area contributed by atoms with Crippen molar-refractivity contribution in [2.45, 2.75) is 66.0 Å². The molecule has 1 atom stereocenters. The maximum absolute atomic E-state index is 5.95. The first-order valence-corrected chi connectivity index (χ1v) is 7.16. The van der Waals surface area contributed by atoms with E-state index in [2.05, 4.69) is 37.9 Å². The van der Waals surface area contributed by atoms with E-state index in [1.807, 2.05) is 13.8 Å². The van der Waals surface area contributed by atoms with Gasteiger partial charge >= 0.3 is 0 Å². The maximum atomic E-state index is 5.95. The maximum Gasteiger partial charge on any atom is 0.100 e. The van der Waals surface area contributed by atoms with Gasteiger partial charge in [-0.25, -0.2) is 0 Å². The molecule has 0 spiro atoms. The predicted octanol–water partition coefficient (Wildman–Crippen LogP) is 2.86. The molecule has 0 bridgehead atoms. The lowest BCUT2D eigenvalue weighted by atomic mass is 10.00. The van der Waals surface area contributed by atoms with Crippen molar-refractivity contribution in [2.75, 3.05) is 26.4 Å². The van der Waals surface area contributed by atoms with Gasteiger partial charge in [-0.2, -0.15) is 0 Å². The first kappa shape index (κ1) is 16.9. The molecule has 1 aliphatic heterocycles. The Morgan fingerprint density at radius 1 is 1.35 bits per heavy atom. The third kappa shape index (κ3) is 6.39. The van der Waals surface area contributed by atoms with Crippen molar-refractivity contribution < 1.29 is 4.74 Å². The minimum atomic E-state index is 0.0422. The normalized spacial score (nSPS) is 25.6. The zero-order valence-corrected chi connectivity index (χ0v) is 12.7. The van der Waals surface area contributed by atoms with Crippen molar-refractivity contribution in [3.05, 3.63) is 0 Å². The van der Waals surface area contributed by atoms with Crippen LogP contribution in [-0.4, -0.2) is 42.9 Å². The van der Waals surface area contributed by atoms with E-state index >= 15 is 0 Å². The Hall–Kier alpha value is -0.120. The molecule has 0 aromatic carbocycles. The molecule has 0 aliphatic carbocycles. The molecule has 0 radical (unpaired) electrons. The van der Waals surface area contributed by atoms with Gasteiger partial charge in [-0.15, -0.1) is 0 Å². The van der Waals surface area contributed by atoms with Crippen molar-refractivity contribution in [1.29, 1.82) is 0 Å². The molecule has 104 valence electrons. The number of hydrogen-bond donors (Lipinski definition) is 1. The van der Waals surface area contributed by atoms with Crippen LogP contribution in [0.2, 0.25) is 0 Å².